The standard InChI is InChI=1S/C12H23N3O/c1-13-12(16)5-6-15(2)11-7-9-3-4-10(8-11)14-9/h9-11,14H,3-8H2,1-2H3,(H,13,16). The first-order chi connectivity index (χ1) is 7.69. The highest BCUT2D eigenvalue weighted by atomic mass is 16.1. The number of amides is 1. The Hall–Kier alpha value is -0.610. The van der Waals surface area contributed by atoms with Crippen LogP contribution in [0.4, 0.5) is 0 Å². The van der Waals surface area contributed by atoms with Gasteiger partial charge in [-0.05, 0) is 32.7 Å². The normalized spacial score (nSPS) is 33.1. The molecule has 2 unspecified atom stereocenters. The smallest absolute Gasteiger partial charge is 0.221 e. The van der Waals surface area contributed by atoms with Gasteiger partial charge >= 0.3 is 0 Å². The fourth-order valence-electron chi connectivity index (χ4n) is 2.97. The molecule has 0 aromatic carbocycles. The van der Waals surface area contributed by atoms with E-state index in [1.807, 2.05) is 0 Å². The molecule has 0 radical (unpaired) electrons. The van der Waals surface area contributed by atoms with Crippen molar-refractivity contribution in [3.63, 3.8) is 0 Å². The number of hydrogen-bond acceptors (Lipinski definition) is 3. The van der Waals surface area contributed by atoms with Crippen LogP contribution in [-0.2, 0) is 4.79 Å². The molecule has 0 aromatic rings. The summed E-state index contributed by atoms with van der Waals surface area (Å²) in [5.41, 5.74) is 0. The second-order valence-corrected chi connectivity index (χ2v) is 5.17. The van der Waals surface area contributed by atoms with Gasteiger partial charge in [-0.1, -0.05) is 0 Å². The summed E-state index contributed by atoms with van der Waals surface area (Å²) in [5, 5.41) is 6.32. The predicted octanol–water partition coefficient (Wildman–Crippen LogP) is 0.337. The number of carbonyl (C=O) groups is 1. The summed E-state index contributed by atoms with van der Waals surface area (Å²) in [5.74, 6) is 0.142. The fraction of sp³-hybridized carbons (Fsp3) is 0.917. The van der Waals surface area contributed by atoms with Gasteiger partial charge in [-0.25, -0.2) is 0 Å². The van der Waals surface area contributed by atoms with Gasteiger partial charge in [0.25, 0.3) is 0 Å². The van der Waals surface area contributed by atoms with Crippen LogP contribution in [-0.4, -0.2) is 49.6 Å². The molecule has 2 saturated heterocycles. The third kappa shape index (κ3) is 2.74. The summed E-state index contributed by atoms with van der Waals surface area (Å²) >= 11 is 0. The molecule has 0 aromatic heterocycles. The van der Waals surface area contributed by atoms with Crippen molar-refractivity contribution in [3.05, 3.63) is 0 Å². The second-order valence-electron chi connectivity index (χ2n) is 5.17. The van der Waals surface area contributed by atoms with Crippen molar-refractivity contribution in [2.75, 3.05) is 20.6 Å². The lowest BCUT2D eigenvalue weighted by atomic mass is 9.98. The Kier molecular flexibility index (Phi) is 3.82. The van der Waals surface area contributed by atoms with Crippen molar-refractivity contribution in [2.45, 2.75) is 50.2 Å². The minimum Gasteiger partial charge on any atom is -0.359 e. The second kappa shape index (κ2) is 5.15. The minimum absolute atomic E-state index is 0.142. The molecule has 2 atom stereocenters. The number of nitrogens with one attached hydrogen (secondary N) is 2. The zero-order valence-electron chi connectivity index (χ0n) is 10.3. The van der Waals surface area contributed by atoms with Gasteiger partial charge in [0, 0.05) is 38.1 Å². The summed E-state index contributed by atoms with van der Waals surface area (Å²) in [6.07, 6.45) is 5.79. The Morgan fingerprint density at radius 2 is 2.00 bits per heavy atom. The predicted molar refractivity (Wildman–Crippen MR) is 64.3 cm³/mol. The van der Waals surface area contributed by atoms with Gasteiger partial charge < -0.3 is 15.5 Å². The molecule has 0 aliphatic carbocycles. The zero-order valence-corrected chi connectivity index (χ0v) is 10.3. The molecule has 92 valence electrons. The highest BCUT2D eigenvalue weighted by Crippen LogP contribution is 2.29. The molecule has 1 amide bonds. The van der Waals surface area contributed by atoms with Gasteiger partial charge in [0.2, 0.25) is 5.91 Å². The Labute approximate surface area is 97.8 Å². The number of piperidine rings is 1. The zero-order chi connectivity index (χ0) is 11.5. The third-order valence-electron chi connectivity index (χ3n) is 4.04. The Balaban J connectivity index is 1.76. The monoisotopic (exact) mass is 225 g/mol. The lowest BCUT2D eigenvalue weighted by molar-refractivity contribution is -0.121. The van der Waals surface area contributed by atoms with Gasteiger partial charge in [-0.15, -0.1) is 0 Å². The van der Waals surface area contributed by atoms with E-state index in [1.54, 1.807) is 7.05 Å². The van der Waals surface area contributed by atoms with Crippen LogP contribution in [0.15, 0.2) is 0 Å². The molecule has 2 aliphatic heterocycles. The van der Waals surface area contributed by atoms with Crippen molar-refractivity contribution in [1.29, 1.82) is 0 Å². The Morgan fingerprint density at radius 1 is 1.38 bits per heavy atom. The van der Waals surface area contributed by atoms with E-state index in [0.29, 0.717) is 12.5 Å². The number of carbonyl (C=O) groups excluding carboxylic acids is 1. The maximum absolute atomic E-state index is 11.2. The Morgan fingerprint density at radius 3 is 2.56 bits per heavy atom. The molecule has 2 aliphatic rings. The van der Waals surface area contributed by atoms with E-state index in [2.05, 4.69) is 22.6 Å². The van der Waals surface area contributed by atoms with Crippen molar-refractivity contribution in [2.24, 2.45) is 0 Å². The quantitative estimate of drug-likeness (QED) is 0.725. The van der Waals surface area contributed by atoms with Gasteiger partial charge in [0.1, 0.15) is 0 Å². The van der Waals surface area contributed by atoms with E-state index in [1.165, 1.54) is 25.7 Å². The molecule has 2 bridgehead atoms. The number of nitrogens with zero attached hydrogens (tertiary/aromatic N) is 1. The summed E-state index contributed by atoms with van der Waals surface area (Å²) < 4.78 is 0. The molecular weight excluding hydrogens is 202 g/mol. The first-order valence-corrected chi connectivity index (χ1v) is 6.36. The average molecular weight is 225 g/mol. The molecule has 2 fully saturated rings. The molecule has 4 heteroatoms. The van der Waals surface area contributed by atoms with Crippen LogP contribution in [0.2, 0.25) is 0 Å². The van der Waals surface area contributed by atoms with Crippen LogP contribution in [0.1, 0.15) is 32.1 Å². The molecular formula is C12H23N3O. The Bertz CT molecular complexity index is 245. The average Bonchev–Trinajstić information content (AvgIpc) is 2.64. The lowest BCUT2D eigenvalue weighted by Gasteiger charge is -2.35. The fourth-order valence-corrected chi connectivity index (χ4v) is 2.97. The van der Waals surface area contributed by atoms with Crippen molar-refractivity contribution in [3.8, 4) is 0 Å². The largest absolute Gasteiger partial charge is 0.359 e. The lowest BCUT2D eigenvalue weighted by Crippen LogP contribution is -2.47. The van der Waals surface area contributed by atoms with E-state index < -0.39 is 0 Å². The minimum atomic E-state index is 0.142. The van der Waals surface area contributed by atoms with Crippen molar-refractivity contribution >= 4 is 5.91 Å². The van der Waals surface area contributed by atoms with Crippen LogP contribution in [0.5, 0.6) is 0 Å². The summed E-state index contributed by atoms with van der Waals surface area (Å²) in [4.78, 5) is 13.6. The summed E-state index contributed by atoms with van der Waals surface area (Å²) in [6, 6.07) is 2.13. The number of hydrogen-bond donors (Lipinski definition) is 2. The molecule has 16 heavy (non-hydrogen) atoms. The molecule has 2 rings (SSSR count). The van der Waals surface area contributed by atoms with Crippen LogP contribution in [0.25, 0.3) is 0 Å². The highest BCUT2D eigenvalue weighted by molar-refractivity contribution is 5.75. The van der Waals surface area contributed by atoms with Crippen LogP contribution < -0.4 is 10.6 Å². The highest BCUT2D eigenvalue weighted by Gasteiger charge is 2.34. The van der Waals surface area contributed by atoms with E-state index in [9.17, 15) is 4.79 Å². The molecule has 2 N–H and O–H groups in total. The molecule has 4 nitrogen and oxygen atoms in total. The van der Waals surface area contributed by atoms with E-state index in [4.69, 9.17) is 0 Å². The maximum Gasteiger partial charge on any atom is 0.221 e. The van der Waals surface area contributed by atoms with E-state index in [0.717, 1.165) is 18.6 Å². The molecule has 2 heterocycles. The van der Waals surface area contributed by atoms with E-state index >= 15 is 0 Å². The van der Waals surface area contributed by atoms with Gasteiger partial charge in [-0.2, -0.15) is 0 Å². The summed E-state index contributed by atoms with van der Waals surface area (Å²) in [7, 11) is 3.85. The van der Waals surface area contributed by atoms with Gasteiger partial charge in [0.15, 0.2) is 0 Å². The SMILES string of the molecule is CNC(=O)CCN(C)C1CC2CCC(C1)N2. The van der Waals surface area contributed by atoms with Crippen molar-refractivity contribution in [1.82, 2.24) is 15.5 Å². The van der Waals surface area contributed by atoms with E-state index in [-0.39, 0.29) is 5.91 Å². The van der Waals surface area contributed by atoms with Crippen LogP contribution in [0, 0.1) is 0 Å². The van der Waals surface area contributed by atoms with Crippen LogP contribution >= 0.6 is 0 Å². The molecule has 0 saturated carbocycles. The third-order valence-corrected chi connectivity index (χ3v) is 4.04. The maximum atomic E-state index is 11.2. The number of fused-ring (bicyclic) bond motifs is 2. The first-order valence-electron chi connectivity index (χ1n) is 6.36. The summed E-state index contributed by atoms with van der Waals surface area (Å²) in [6.45, 7) is 0.879. The number of rotatable bonds is 4. The van der Waals surface area contributed by atoms with Gasteiger partial charge in [-0.3, -0.25) is 4.79 Å². The molecule has 0 spiro atoms. The topological polar surface area (TPSA) is 44.4 Å². The van der Waals surface area contributed by atoms with Crippen LogP contribution in [0.3, 0.4) is 0 Å². The van der Waals surface area contributed by atoms with Crippen molar-refractivity contribution < 1.29 is 4.79 Å². The first kappa shape index (κ1) is 11.9. The van der Waals surface area contributed by atoms with Gasteiger partial charge in [0.05, 0.1) is 0 Å².